The van der Waals surface area contributed by atoms with Crippen LogP contribution in [0.3, 0.4) is 0 Å². The lowest BCUT2D eigenvalue weighted by atomic mass is 10.00. The summed E-state index contributed by atoms with van der Waals surface area (Å²) in [6, 6.07) is 7.39. The molecule has 0 saturated heterocycles. The number of hydrogen-bond donors (Lipinski definition) is 0. The van der Waals surface area contributed by atoms with Crippen LogP contribution in [0.4, 0.5) is 0 Å². The molecule has 118 valence electrons. The number of allylic oxidation sites excluding steroid dienone is 1. The summed E-state index contributed by atoms with van der Waals surface area (Å²) in [6.07, 6.45) is 2.58. The topological polar surface area (TPSA) is 52.6 Å². The monoisotopic (exact) mass is 302 g/mol. The Balaban J connectivity index is 2.15. The van der Waals surface area contributed by atoms with Crippen LogP contribution in [0.25, 0.3) is 5.57 Å². The van der Waals surface area contributed by atoms with E-state index in [9.17, 15) is 9.59 Å². The van der Waals surface area contributed by atoms with Gasteiger partial charge in [-0.05, 0) is 37.3 Å². The minimum absolute atomic E-state index is 0.158. The Labute approximate surface area is 131 Å². The van der Waals surface area contributed by atoms with E-state index in [-0.39, 0.29) is 18.0 Å². The first kappa shape index (κ1) is 16.3. The van der Waals surface area contributed by atoms with Gasteiger partial charge < -0.3 is 9.47 Å². The average molecular weight is 302 g/mol. The second kappa shape index (κ2) is 6.34. The molecule has 0 heterocycles. The Hall–Kier alpha value is -2.10. The Morgan fingerprint density at radius 2 is 2.00 bits per heavy atom. The van der Waals surface area contributed by atoms with Crippen LogP contribution >= 0.6 is 0 Å². The molecule has 0 aromatic heterocycles. The van der Waals surface area contributed by atoms with E-state index in [0.29, 0.717) is 11.5 Å². The summed E-state index contributed by atoms with van der Waals surface area (Å²) < 4.78 is 10.3. The first-order chi connectivity index (χ1) is 10.4. The van der Waals surface area contributed by atoms with Crippen molar-refractivity contribution in [1.82, 2.24) is 0 Å². The summed E-state index contributed by atoms with van der Waals surface area (Å²) >= 11 is 0. The van der Waals surface area contributed by atoms with Crippen LogP contribution in [-0.2, 0) is 25.7 Å². The molecule has 1 aromatic rings. The predicted molar refractivity (Wildman–Crippen MR) is 83.8 cm³/mol. The first-order valence-corrected chi connectivity index (χ1v) is 7.44. The number of ether oxygens (including phenoxy) is 2. The van der Waals surface area contributed by atoms with Crippen LogP contribution in [0.1, 0.15) is 38.3 Å². The fourth-order valence-electron chi connectivity index (χ4n) is 2.57. The summed E-state index contributed by atoms with van der Waals surface area (Å²) in [6.45, 7) is 5.91. The number of hydrogen-bond acceptors (Lipinski definition) is 4. The van der Waals surface area contributed by atoms with Crippen molar-refractivity contribution in [2.45, 2.75) is 33.8 Å². The molecule has 22 heavy (non-hydrogen) atoms. The molecule has 2 unspecified atom stereocenters. The molecule has 1 aliphatic carbocycles. The van der Waals surface area contributed by atoms with E-state index < -0.39 is 5.97 Å². The number of benzene rings is 1. The highest BCUT2D eigenvalue weighted by Gasteiger charge is 2.54. The van der Waals surface area contributed by atoms with E-state index in [2.05, 4.69) is 0 Å². The summed E-state index contributed by atoms with van der Waals surface area (Å²) in [4.78, 5) is 24.0. The molecular weight excluding hydrogens is 280 g/mol. The number of carbonyl (C=O) groups excluding carboxylic acids is 2. The summed E-state index contributed by atoms with van der Waals surface area (Å²) in [5, 5.41) is 0. The third-order valence-electron chi connectivity index (χ3n) is 4.48. The third-order valence-corrected chi connectivity index (χ3v) is 4.48. The minimum Gasteiger partial charge on any atom is -0.465 e. The van der Waals surface area contributed by atoms with Gasteiger partial charge in [0.05, 0.1) is 18.1 Å². The zero-order valence-corrected chi connectivity index (χ0v) is 13.5. The van der Waals surface area contributed by atoms with Gasteiger partial charge in [0.1, 0.15) is 6.61 Å². The van der Waals surface area contributed by atoms with Gasteiger partial charge in [0.25, 0.3) is 0 Å². The summed E-state index contributed by atoms with van der Waals surface area (Å²) in [7, 11) is 1.35. The normalized spacial score (nSPS) is 23.8. The van der Waals surface area contributed by atoms with E-state index in [1.807, 2.05) is 38.1 Å². The van der Waals surface area contributed by atoms with Gasteiger partial charge in [-0.25, -0.2) is 4.79 Å². The van der Waals surface area contributed by atoms with Crippen molar-refractivity contribution >= 4 is 17.5 Å². The van der Waals surface area contributed by atoms with Crippen LogP contribution in [0.15, 0.2) is 30.3 Å². The van der Waals surface area contributed by atoms with Crippen molar-refractivity contribution in [2.24, 2.45) is 11.3 Å². The molecular formula is C18H22O4. The van der Waals surface area contributed by atoms with Gasteiger partial charge in [-0.1, -0.05) is 37.3 Å². The number of rotatable bonds is 5. The molecule has 1 aromatic carbocycles. The number of carbonyl (C=O) groups is 2. The SMILES string of the molecule is CC=C(C(=O)OC)c1ccccc1COC(=O)C1(C)CC1C. The van der Waals surface area contributed by atoms with Crippen LogP contribution < -0.4 is 0 Å². The van der Waals surface area contributed by atoms with Gasteiger partial charge in [0, 0.05) is 0 Å². The molecule has 0 radical (unpaired) electrons. The largest absolute Gasteiger partial charge is 0.465 e. The van der Waals surface area contributed by atoms with Crippen molar-refractivity contribution in [3.63, 3.8) is 0 Å². The van der Waals surface area contributed by atoms with Crippen molar-refractivity contribution in [3.8, 4) is 0 Å². The summed E-state index contributed by atoms with van der Waals surface area (Å²) in [5.74, 6) is -0.199. The minimum atomic E-state index is -0.399. The Kier molecular flexibility index (Phi) is 4.69. The Morgan fingerprint density at radius 1 is 1.36 bits per heavy atom. The Morgan fingerprint density at radius 3 is 2.55 bits per heavy atom. The second-order valence-electron chi connectivity index (χ2n) is 5.95. The lowest BCUT2D eigenvalue weighted by Gasteiger charge is -2.14. The van der Waals surface area contributed by atoms with E-state index in [4.69, 9.17) is 9.47 Å². The van der Waals surface area contributed by atoms with Crippen molar-refractivity contribution in [3.05, 3.63) is 41.5 Å². The molecule has 0 bridgehead atoms. The lowest BCUT2D eigenvalue weighted by Crippen LogP contribution is -2.18. The maximum Gasteiger partial charge on any atom is 0.338 e. The van der Waals surface area contributed by atoms with Crippen molar-refractivity contribution in [2.75, 3.05) is 7.11 Å². The maximum atomic E-state index is 12.1. The molecule has 1 fully saturated rings. The van der Waals surface area contributed by atoms with Gasteiger partial charge in [-0.3, -0.25) is 4.79 Å². The standard InChI is InChI=1S/C18H22O4/c1-5-14(16(19)21-4)15-9-7-6-8-13(15)11-22-17(20)18(3)10-12(18)2/h5-9,12H,10-11H2,1-4H3. The molecule has 0 N–H and O–H groups in total. The number of esters is 2. The van der Waals surface area contributed by atoms with Crippen LogP contribution in [0, 0.1) is 11.3 Å². The van der Waals surface area contributed by atoms with Gasteiger partial charge in [-0.15, -0.1) is 0 Å². The molecule has 0 amide bonds. The molecule has 0 aliphatic heterocycles. The zero-order valence-electron chi connectivity index (χ0n) is 13.5. The highest BCUT2D eigenvalue weighted by Crippen LogP contribution is 2.52. The predicted octanol–water partition coefficient (Wildman–Crippen LogP) is 3.35. The van der Waals surface area contributed by atoms with E-state index >= 15 is 0 Å². The first-order valence-electron chi connectivity index (χ1n) is 7.44. The van der Waals surface area contributed by atoms with Crippen LogP contribution in [0.5, 0.6) is 0 Å². The highest BCUT2D eigenvalue weighted by atomic mass is 16.5. The molecule has 4 heteroatoms. The molecule has 1 saturated carbocycles. The number of methoxy groups -OCH3 is 1. The molecule has 1 aliphatic rings. The van der Waals surface area contributed by atoms with Crippen molar-refractivity contribution < 1.29 is 19.1 Å². The van der Waals surface area contributed by atoms with Gasteiger partial charge in [0.2, 0.25) is 0 Å². The lowest BCUT2D eigenvalue weighted by molar-refractivity contribution is -0.151. The van der Waals surface area contributed by atoms with Gasteiger partial charge in [-0.2, -0.15) is 0 Å². The Bertz CT molecular complexity index is 617. The molecule has 2 atom stereocenters. The molecule has 0 spiro atoms. The fraction of sp³-hybridized carbons (Fsp3) is 0.444. The zero-order chi connectivity index (χ0) is 16.3. The summed E-state index contributed by atoms with van der Waals surface area (Å²) in [5.41, 5.74) is 1.66. The smallest absolute Gasteiger partial charge is 0.338 e. The fourth-order valence-corrected chi connectivity index (χ4v) is 2.57. The third kappa shape index (κ3) is 3.06. The second-order valence-corrected chi connectivity index (χ2v) is 5.95. The highest BCUT2D eigenvalue weighted by molar-refractivity contribution is 6.16. The van der Waals surface area contributed by atoms with Crippen LogP contribution in [-0.4, -0.2) is 19.0 Å². The maximum absolute atomic E-state index is 12.1. The molecule has 2 rings (SSSR count). The van der Waals surface area contributed by atoms with E-state index in [0.717, 1.165) is 17.5 Å². The van der Waals surface area contributed by atoms with E-state index in [1.54, 1.807) is 13.0 Å². The van der Waals surface area contributed by atoms with Gasteiger partial charge in [0.15, 0.2) is 0 Å². The van der Waals surface area contributed by atoms with Crippen LogP contribution in [0.2, 0.25) is 0 Å². The average Bonchev–Trinajstić information content (AvgIpc) is 3.15. The quantitative estimate of drug-likeness (QED) is 0.618. The van der Waals surface area contributed by atoms with Gasteiger partial charge >= 0.3 is 11.9 Å². The van der Waals surface area contributed by atoms with E-state index in [1.165, 1.54) is 7.11 Å². The van der Waals surface area contributed by atoms with Crippen molar-refractivity contribution in [1.29, 1.82) is 0 Å². The molecule has 4 nitrogen and oxygen atoms in total.